The predicted octanol–water partition coefficient (Wildman–Crippen LogP) is 0.631. The molecule has 0 aliphatic carbocycles. The maximum atomic E-state index is 11.4. The number of hydrogen-bond donors (Lipinski definition) is 3. The van der Waals surface area contributed by atoms with E-state index < -0.39 is 11.7 Å². The van der Waals surface area contributed by atoms with Gasteiger partial charge in [-0.25, -0.2) is 4.98 Å². The lowest BCUT2D eigenvalue weighted by atomic mass is 10.2. The first-order valence-electron chi connectivity index (χ1n) is 4.20. The molecule has 0 unspecified atom stereocenters. The Morgan fingerprint density at radius 2 is 2.14 bits per heavy atom. The van der Waals surface area contributed by atoms with Gasteiger partial charge in [-0.1, -0.05) is 0 Å². The van der Waals surface area contributed by atoms with E-state index >= 15 is 0 Å². The van der Waals surface area contributed by atoms with Crippen LogP contribution in [0.1, 0.15) is 24.3 Å². The average Bonchev–Trinajstić information content (AvgIpc) is 2.08. The first kappa shape index (κ1) is 10.3. The second kappa shape index (κ2) is 3.95. The monoisotopic (exact) mass is 196 g/mol. The van der Waals surface area contributed by atoms with Gasteiger partial charge in [0.2, 0.25) is 0 Å². The normalized spacial score (nSPS) is 10.2. The van der Waals surface area contributed by atoms with E-state index in [0.29, 0.717) is 0 Å². The predicted molar refractivity (Wildman–Crippen MR) is 50.2 cm³/mol. The van der Waals surface area contributed by atoms with Crippen LogP contribution in [0.3, 0.4) is 0 Å². The number of aromatic hydroxyl groups is 2. The zero-order valence-corrected chi connectivity index (χ0v) is 7.98. The lowest BCUT2D eigenvalue weighted by Gasteiger charge is -2.08. The van der Waals surface area contributed by atoms with Crippen molar-refractivity contribution in [1.82, 2.24) is 10.3 Å². The molecular formula is C9H12N2O3. The number of amides is 1. The van der Waals surface area contributed by atoms with Crippen LogP contribution in [0.5, 0.6) is 11.5 Å². The van der Waals surface area contributed by atoms with Crippen molar-refractivity contribution in [3.63, 3.8) is 0 Å². The van der Waals surface area contributed by atoms with Gasteiger partial charge in [0.15, 0.2) is 17.2 Å². The topological polar surface area (TPSA) is 82.5 Å². The summed E-state index contributed by atoms with van der Waals surface area (Å²) < 4.78 is 0. The summed E-state index contributed by atoms with van der Waals surface area (Å²) in [5.74, 6) is -1.35. The van der Waals surface area contributed by atoms with E-state index in [0.717, 1.165) is 0 Å². The molecule has 0 radical (unpaired) electrons. The van der Waals surface area contributed by atoms with E-state index in [1.807, 2.05) is 0 Å². The van der Waals surface area contributed by atoms with Crippen molar-refractivity contribution >= 4 is 5.91 Å². The average molecular weight is 196 g/mol. The Hall–Kier alpha value is -1.78. The molecule has 1 aromatic rings. The van der Waals surface area contributed by atoms with Crippen LogP contribution in [-0.2, 0) is 0 Å². The molecule has 14 heavy (non-hydrogen) atoms. The molecule has 1 amide bonds. The van der Waals surface area contributed by atoms with Gasteiger partial charge in [-0.3, -0.25) is 4.79 Å². The van der Waals surface area contributed by atoms with Crippen LogP contribution in [0.2, 0.25) is 0 Å². The molecule has 0 bridgehead atoms. The SMILES string of the molecule is CC(C)NC(=O)c1nccc(O)c1O. The first-order valence-corrected chi connectivity index (χ1v) is 4.20. The Kier molecular flexibility index (Phi) is 2.91. The van der Waals surface area contributed by atoms with Crippen LogP contribution in [-0.4, -0.2) is 27.1 Å². The zero-order valence-electron chi connectivity index (χ0n) is 7.98. The van der Waals surface area contributed by atoms with Crippen LogP contribution in [0.15, 0.2) is 12.3 Å². The summed E-state index contributed by atoms with van der Waals surface area (Å²) in [6, 6.07) is 1.16. The largest absolute Gasteiger partial charge is 0.504 e. The summed E-state index contributed by atoms with van der Waals surface area (Å²) in [5, 5.41) is 21.0. The third-order valence-corrected chi connectivity index (χ3v) is 1.54. The molecule has 0 spiro atoms. The van der Waals surface area contributed by atoms with Crippen molar-refractivity contribution in [3.05, 3.63) is 18.0 Å². The smallest absolute Gasteiger partial charge is 0.274 e. The van der Waals surface area contributed by atoms with Crippen molar-refractivity contribution in [1.29, 1.82) is 0 Å². The highest BCUT2D eigenvalue weighted by Crippen LogP contribution is 2.25. The zero-order chi connectivity index (χ0) is 10.7. The number of pyridine rings is 1. The van der Waals surface area contributed by atoms with Gasteiger partial charge >= 0.3 is 0 Å². The van der Waals surface area contributed by atoms with E-state index in [-0.39, 0.29) is 17.5 Å². The minimum Gasteiger partial charge on any atom is -0.504 e. The summed E-state index contributed by atoms with van der Waals surface area (Å²) in [6.07, 6.45) is 1.25. The minimum atomic E-state index is -0.506. The number of nitrogens with zero attached hydrogens (tertiary/aromatic N) is 1. The van der Waals surface area contributed by atoms with Crippen molar-refractivity contribution in [3.8, 4) is 11.5 Å². The van der Waals surface area contributed by atoms with Gasteiger partial charge in [-0.2, -0.15) is 0 Å². The number of carbonyl (C=O) groups excluding carboxylic acids is 1. The number of nitrogens with one attached hydrogen (secondary N) is 1. The summed E-state index contributed by atoms with van der Waals surface area (Å²) in [4.78, 5) is 15.1. The fourth-order valence-electron chi connectivity index (χ4n) is 0.941. The molecule has 1 heterocycles. The number of carbonyl (C=O) groups is 1. The van der Waals surface area contributed by atoms with Gasteiger partial charge in [0.1, 0.15) is 0 Å². The molecule has 5 heteroatoms. The number of aromatic nitrogens is 1. The molecule has 1 aromatic heterocycles. The lowest BCUT2D eigenvalue weighted by molar-refractivity contribution is 0.0934. The van der Waals surface area contributed by atoms with Crippen molar-refractivity contribution < 1.29 is 15.0 Å². The molecule has 0 saturated carbocycles. The molecular weight excluding hydrogens is 184 g/mol. The summed E-state index contributed by atoms with van der Waals surface area (Å²) >= 11 is 0. The standard InChI is InChI=1S/C9H12N2O3/c1-5(2)11-9(14)7-8(13)6(12)3-4-10-7/h3-5,13H,1-2H3,(H,10,12)(H,11,14). The Morgan fingerprint density at radius 1 is 1.50 bits per heavy atom. The maximum absolute atomic E-state index is 11.4. The maximum Gasteiger partial charge on any atom is 0.274 e. The summed E-state index contributed by atoms with van der Waals surface area (Å²) in [5.41, 5.74) is -0.168. The highest BCUT2D eigenvalue weighted by molar-refractivity contribution is 5.95. The fourth-order valence-corrected chi connectivity index (χ4v) is 0.941. The van der Waals surface area contributed by atoms with Gasteiger partial charge < -0.3 is 15.5 Å². The summed E-state index contributed by atoms with van der Waals surface area (Å²) in [7, 11) is 0. The van der Waals surface area contributed by atoms with Gasteiger partial charge in [0, 0.05) is 18.3 Å². The van der Waals surface area contributed by atoms with Gasteiger partial charge in [-0.15, -0.1) is 0 Å². The molecule has 0 atom stereocenters. The molecule has 5 nitrogen and oxygen atoms in total. The minimum absolute atomic E-state index is 0.0500. The van der Waals surface area contributed by atoms with Gasteiger partial charge in [0.05, 0.1) is 0 Å². The highest BCUT2D eigenvalue weighted by atomic mass is 16.3. The van der Waals surface area contributed by atoms with Crippen LogP contribution >= 0.6 is 0 Å². The third-order valence-electron chi connectivity index (χ3n) is 1.54. The van der Waals surface area contributed by atoms with E-state index in [1.165, 1.54) is 12.3 Å². The number of hydrogen-bond acceptors (Lipinski definition) is 4. The van der Waals surface area contributed by atoms with Gasteiger partial charge in [0.25, 0.3) is 5.91 Å². The number of rotatable bonds is 2. The van der Waals surface area contributed by atoms with Crippen molar-refractivity contribution in [2.45, 2.75) is 19.9 Å². The van der Waals surface area contributed by atoms with Crippen molar-refractivity contribution in [2.75, 3.05) is 0 Å². The van der Waals surface area contributed by atoms with E-state index in [4.69, 9.17) is 5.11 Å². The van der Waals surface area contributed by atoms with Crippen LogP contribution in [0.25, 0.3) is 0 Å². The molecule has 76 valence electrons. The Bertz CT molecular complexity index is 350. The Balaban J connectivity index is 2.96. The molecule has 0 aromatic carbocycles. The van der Waals surface area contributed by atoms with Gasteiger partial charge in [-0.05, 0) is 13.8 Å². The van der Waals surface area contributed by atoms with E-state index in [1.54, 1.807) is 13.8 Å². The fraction of sp³-hybridized carbons (Fsp3) is 0.333. The quantitative estimate of drug-likeness (QED) is 0.648. The second-order valence-corrected chi connectivity index (χ2v) is 3.16. The van der Waals surface area contributed by atoms with Crippen LogP contribution in [0.4, 0.5) is 0 Å². The Labute approximate surface area is 81.4 Å². The van der Waals surface area contributed by atoms with Crippen molar-refractivity contribution in [2.24, 2.45) is 0 Å². The van der Waals surface area contributed by atoms with Crippen LogP contribution in [0, 0.1) is 0 Å². The third kappa shape index (κ3) is 2.12. The first-order chi connectivity index (χ1) is 6.52. The molecule has 0 aliphatic rings. The molecule has 1 rings (SSSR count). The molecule has 0 saturated heterocycles. The summed E-state index contributed by atoms with van der Waals surface area (Å²) in [6.45, 7) is 3.58. The second-order valence-electron chi connectivity index (χ2n) is 3.16. The Morgan fingerprint density at radius 3 is 2.71 bits per heavy atom. The van der Waals surface area contributed by atoms with E-state index in [9.17, 15) is 9.90 Å². The molecule has 3 N–H and O–H groups in total. The lowest BCUT2D eigenvalue weighted by Crippen LogP contribution is -2.30. The van der Waals surface area contributed by atoms with Crippen LogP contribution < -0.4 is 5.32 Å². The van der Waals surface area contributed by atoms with E-state index in [2.05, 4.69) is 10.3 Å². The highest BCUT2D eigenvalue weighted by Gasteiger charge is 2.15. The molecule has 0 aliphatic heterocycles. The molecule has 0 fully saturated rings.